The molecule has 76 valence electrons. The topological polar surface area (TPSA) is 20.2 Å². The molecule has 1 aliphatic carbocycles. The van der Waals surface area contributed by atoms with Crippen LogP contribution in [0.4, 0.5) is 0 Å². The van der Waals surface area contributed by atoms with Gasteiger partial charge in [0, 0.05) is 4.47 Å². The third-order valence-electron chi connectivity index (χ3n) is 2.94. The van der Waals surface area contributed by atoms with Gasteiger partial charge in [0.2, 0.25) is 0 Å². The highest BCUT2D eigenvalue weighted by atomic mass is 79.9. The zero-order valence-electron chi connectivity index (χ0n) is 8.39. The van der Waals surface area contributed by atoms with E-state index in [4.69, 9.17) is 0 Å². The minimum Gasteiger partial charge on any atom is -0.390 e. The number of halogens is 1. The van der Waals surface area contributed by atoms with Crippen LogP contribution in [-0.2, 0) is 6.42 Å². The maximum absolute atomic E-state index is 9.70. The van der Waals surface area contributed by atoms with Gasteiger partial charge in [-0.1, -0.05) is 28.1 Å². The molecule has 0 heterocycles. The fourth-order valence-corrected chi connectivity index (χ4v) is 1.99. The summed E-state index contributed by atoms with van der Waals surface area (Å²) in [5.41, 5.74) is 2.25. The van der Waals surface area contributed by atoms with Gasteiger partial charge in [0.15, 0.2) is 0 Å². The highest BCUT2D eigenvalue weighted by Crippen LogP contribution is 2.39. The lowest BCUT2D eigenvalue weighted by molar-refractivity contribution is 0.140. The molecule has 1 saturated carbocycles. The van der Waals surface area contributed by atoms with Crippen molar-refractivity contribution in [2.45, 2.75) is 38.2 Å². The third-order valence-corrected chi connectivity index (χ3v) is 3.80. The van der Waals surface area contributed by atoms with Gasteiger partial charge in [-0.2, -0.15) is 0 Å². The van der Waals surface area contributed by atoms with Crippen molar-refractivity contribution in [1.29, 1.82) is 0 Å². The van der Waals surface area contributed by atoms with Crippen molar-refractivity contribution in [3.8, 4) is 0 Å². The number of aryl methyl sites for hydroxylation is 2. The maximum atomic E-state index is 9.70. The van der Waals surface area contributed by atoms with E-state index in [0.717, 1.165) is 30.2 Å². The molecule has 14 heavy (non-hydrogen) atoms. The first-order chi connectivity index (χ1) is 6.59. The summed E-state index contributed by atoms with van der Waals surface area (Å²) in [4.78, 5) is 0. The number of benzene rings is 1. The van der Waals surface area contributed by atoms with E-state index in [9.17, 15) is 5.11 Å². The zero-order valence-corrected chi connectivity index (χ0v) is 9.97. The zero-order chi connectivity index (χ0) is 10.2. The molecule has 0 amide bonds. The van der Waals surface area contributed by atoms with Crippen molar-refractivity contribution in [2.24, 2.45) is 0 Å². The summed E-state index contributed by atoms with van der Waals surface area (Å²) in [5.74, 6) is 0. The molecule has 0 saturated heterocycles. The summed E-state index contributed by atoms with van der Waals surface area (Å²) >= 11 is 3.52. The molecule has 1 aromatic rings. The lowest BCUT2D eigenvalue weighted by atomic mass is 10.0. The lowest BCUT2D eigenvalue weighted by Crippen LogP contribution is -2.07. The molecule has 0 aliphatic heterocycles. The van der Waals surface area contributed by atoms with Crippen LogP contribution in [0.15, 0.2) is 22.7 Å². The van der Waals surface area contributed by atoms with Crippen LogP contribution in [0.25, 0.3) is 0 Å². The largest absolute Gasteiger partial charge is 0.390 e. The van der Waals surface area contributed by atoms with Crippen LogP contribution in [0.2, 0.25) is 0 Å². The van der Waals surface area contributed by atoms with Gasteiger partial charge in [-0.15, -0.1) is 0 Å². The summed E-state index contributed by atoms with van der Waals surface area (Å²) in [6, 6.07) is 6.42. The average molecular weight is 255 g/mol. The molecule has 0 radical (unpaired) electrons. The van der Waals surface area contributed by atoms with Crippen LogP contribution in [0.5, 0.6) is 0 Å². The standard InChI is InChI=1S/C12H15BrO/c1-9-2-3-10(8-11(9)13)4-5-12(14)6-7-12/h2-3,8,14H,4-7H2,1H3. The van der Waals surface area contributed by atoms with E-state index >= 15 is 0 Å². The number of rotatable bonds is 3. The molecule has 0 spiro atoms. The Morgan fingerprint density at radius 2 is 2.14 bits per heavy atom. The van der Waals surface area contributed by atoms with Crippen molar-refractivity contribution >= 4 is 15.9 Å². The molecular formula is C12H15BrO. The first kappa shape index (κ1) is 10.2. The summed E-state index contributed by atoms with van der Waals surface area (Å²) in [5, 5.41) is 9.70. The highest BCUT2D eigenvalue weighted by Gasteiger charge is 2.39. The van der Waals surface area contributed by atoms with E-state index in [1.165, 1.54) is 11.1 Å². The van der Waals surface area contributed by atoms with E-state index in [2.05, 4.69) is 41.1 Å². The number of aliphatic hydroxyl groups is 1. The summed E-state index contributed by atoms with van der Waals surface area (Å²) in [6.07, 6.45) is 3.86. The molecule has 1 fully saturated rings. The maximum Gasteiger partial charge on any atom is 0.0653 e. The van der Waals surface area contributed by atoms with Crippen LogP contribution in [0.1, 0.15) is 30.4 Å². The summed E-state index contributed by atoms with van der Waals surface area (Å²) < 4.78 is 1.16. The fraction of sp³-hybridized carbons (Fsp3) is 0.500. The molecule has 2 heteroatoms. The SMILES string of the molecule is Cc1ccc(CCC2(O)CC2)cc1Br. The minimum atomic E-state index is -0.322. The van der Waals surface area contributed by atoms with E-state index in [-0.39, 0.29) is 5.60 Å². The van der Waals surface area contributed by atoms with Crippen molar-refractivity contribution in [1.82, 2.24) is 0 Å². The van der Waals surface area contributed by atoms with Crippen LogP contribution in [0, 0.1) is 6.92 Å². The predicted octanol–water partition coefficient (Wildman–Crippen LogP) is 3.22. The Morgan fingerprint density at radius 3 is 2.71 bits per heavy atom. The van der Waals surface area contributed by atoms with Gasteiger partial charge in [0.05, 0.1) is 5.60 Å². The minimum absolute atomic E-state index is 0.322. The molecule has 1 nitrogen and oxygen atoms in total. The first-order valence-corrected chi connectivity index (χ1v) is 5.86. The van der Waals surface area contributed by atoms with Gasteiger partial charge in [-0.05, 0) is 49.8 Å². The number of hydrogen-bond acceptors (Lipinski definition) is 1. The first-order valence-electron chi connectivity index (χ1n) is 5.06. The van der Waals surface area contributed by atoms with Gasteiger partial charge >= 0.3 is 0 Å². The van der Waals surface area contributed by atoms with Gasteiger partial charge < -0.3 is 5.11 Å². The highest BCUT2D eigenvalue weighted by molar-refractivity contribution is 9.10. The summed E-state index contributed by atoms with van der Waals surface area (Å²) in [7, 11) is 0. The molecule has 0 aromatic heterocycles. The van der Waals surface area contributed by atoms with Crippen molar-refractivity contribution in [2.75, 3.05) is 0 Å². The van der Waals surface area contributed by atoms with Crippen molar-refractivity contribution < 1.29 is 5.11 Å². The second-order valence-corrected chi connectivity index (χ2v) is 5.16. The van der Waals surface area contributed by atoms with E-state index in [1.807, 2.05) is 0 Å². The Morgan fingerprint density at radius 1 is 1.43 bits per heavy atom. The van der Waals surface area contributed by atoms with E-state index < -0.39 is 0 Å². The molecule has 2 rings (SSSR count). The normalized spacial score (nSPS) is 18.2. The van der Waals surface area contributed by atoms with Crippen LogP contribution in [-0.4, -0.2) is 10.7 Å². The second-order valence-electron chi connectivity index (χ2n) is 4.31. The predicted molar refractivity (Wildman–Crippen MR) is 61.4 cm³/mol. The van der Waals surface area contributed by atoms with Gasteiger partial charge in [0.1, 0.15) is 0 Å². The number of hydrogen-bond donors (Lipinski definition) is 1. The molecule has 0 bridgehead atoms. The molecule has 0 unspecified atom stereocenters. The van der Waals surface area contributed by atoms with Gasteiger partial charge in [-0.3, -0.25) is 0 Å². The second kappa shape index (κ2) is 3.67. The molecular weight excluding hydrogens is 240 g/mol. The quantitative estimate of drug-likeness (QED) is 0.879. The fourth-order valence-electron chi connectivity index (χ4n) is 1.56. The summed E-state index contributed by atoms with van der Waals surface area (Å²) in [6.45, 7) is 2.09. The van der Waals surface area contributed by atoms with E-state index in [1.54, 1.807) is 0 Å². The van der Waals surface area contributed by atoms with Crippen LogP contribution < -0.4 is 0 Å². The smallest absolute Gasteiger partial charge is 0.0653 e. The molecule has 0 atom stereocenters. The lowest BCUT2D eigenvalue weighted by Gasteiger charge is -2.08. The molecule has 1 aliphatic rings. The van der Waals surface area contributed by atoms with Crippen LogP contribution in [0.3, 0.4) is 0 Å². The van der Waals surface area contributed by atoms with E-state index in [0.29, 0.717) is 0 Å². The van der Waals surface area contributed by atoms with Gasteiger partial charge in [-0.25, -0.2) is 0 Å². The third kappa shape index (κ3) is 2.37. The Labute approximate surface area is 93.3 Å². The van der Waals surface area contributed by atoms with Crippen molar-refractivity contribution in [3.05, 3.63) is 33.8 Å². The van der Waals surface area contributed by atoms with Crippen LogP contribution >= 0.6 is 15.9 Å². The average Bonchev–Trinajstić information content (AvgIpc) is 2.87. The Bertz CT molecular complexity index is 342. The van der Waals surface area contributed by atoms with Crippen molar-refractivity contribution in [3.63, 3.8) is 0 Å². The Hall–Kier alpha value is -0.340. The Kier molecular flexibility index (Phi) is 2.67. The molecule has 1 N–H and O–H groups in total. The van der Waals surface area contributed by atoms with Gasteiger partial charge in [0.25, 0.3) is 0 Å². The molecule has 1 aromatic carbocycles. The monoisotopic (exact) mass is 254 g/mol. The Balaban J connectivity index is 1.99.